The van der Waals surface area contributed by atoms with Crippen LogP contribution in [0.1, 0.15) is 49.7 Å². The third-order valence-corrected chi connectivity index (χ3v) is 9.18. The van der Waals surface area contributed by atoms with E-state index in [2.05, 4.69) is 27.9 Å². The fraction of sp³-hybridized carbons (Fsp3) is 0.515. The third-order valence-electron chi connectivity index (χ3n) is 8.37. The summed E-state index contributed by atoms with van der Waals surface area (Å²) in [5.41, 5.74) is 1.99. The van der Waals surface area contributed by atoms with Gasteiger partial charge in [-0.05, 0) is 89.2 Å². The number of hydrogen-bond donors (Lipinski definition) is 4. The number of aliphatic hydroxyl groups is 3. The molecule has 4 N–H and O–H groups in total. The quantitative estimate of drug-likeness (QED) is 0.218. The molecule has 0 radical (unpaired) electrons. The summed E-state index contributed by atoms with van der Waals surface area (Å²) in [4.78, 5) is 28.9. The van der Waals surface area contributed by atoms with Crippen LogP contribution >= 0.6 is 22.6 Å². The van der Waals surface area contributed by atoms with Crippen LogP contribution in [-0.2, 0) is 22.6 Å². The average molecular weight is 723 g/mol. The third kappa shape index (κ3) is 8.64. The van der Waals surface area contributed by atoms with Gasteiger partial charge in [-0.1, -0.05) is 25.0 Å². The first-order valence-corrected chi connectivity index (χ1v) is 16.2. The van der Waals surface area contributed by atoms with Gasteiger partial charge in [-0.3, -0.25) is 9.59 Å². The second-order valence-corrected chi connectivity index (χ2v) is 12.5. The number of methoxy groups -OCH3 is 2. The maximum Gasteiger partial charge on any atom is 0.247 e. The molecule has 0 heterocycles. The van der Waals surface area contributed by atoms with Crippen molar-refractivity contribution in [1.29, 1.82) is 0 Å². The number of aliphatic hydroxyl groups excluding tert-OH is 3. The minimum atomic E-state index is -1.15. The van der Waals surface area contributed by atoms with E-state index in [0.717, 1.165) is 37.0 Å². The van der Waals surface area contributed by atoms with Crippen molar-refractivity contribution in [3.8, 4) is 17.2 Å². The van der Waals surface area contributed by atoms with Gasteiger partial charge in [-0.15, -0.1) is 0 Å². The molecule has 240 valence electrons. The Kier molecular flexibility index (Phi) is 12.7. The first-order valence-electron chi connectivity index (χ1n) is 15.1. The number of ether oxygens (including phenoxy) is 3. The Labute approximate surface area is 272 Å². The van der Waals surface area contributed by atoms with E-state index in [-0.39, 0.29) is 32.1 Å². The molecule has 1 saturated carbocycles. The second-order valence-electron chi connectivity index (χ2n) is 11.3. The lowest BCUT2D eigenvalue weighted by atomic mass is 9.87. The molecule has 2 amide bonds. The van der Waals surface area contributed by atoms with E-state index in [1.165, 1.54) is 7.11 Å². The Balaban J connectivity index is 1.68. The highest BCUT2D eigenvalue weighted by molar-refractivity contribution is 14.1. The zero-order valence-electron chi connectivity index (χ0n) is 25.3. The Hall–Kier alpha value is -2.87. The monoisotopic (exact) mass is 722 g/mol. The summed E-state index contributed by atoms with van der Waals surface area (Å²) in [7, 11) is 3.10. The lowest BCUT2D eigenvalue weighted by Gasteiger charge is -2.41. The summed E-state index contributed by atoms with van der Waals surface area (Å²) < 4.78 is 18.0. The van der Waals surface area contributed by atoms with Crippen molar-refractivity contribution in [3.63, 3.8) is 0 Å². The molecule has 10 nitrogen and oxygen atoms in total. The van der Waals surface area contributed by atoms with Gasteiger partial charge in [0.25, 0.3) is 0 Å². The van der Waals surface area contributed by atoms with Gasteiger partial charge in [-0.25, -0.2) is 0 Å². The molecule has 11 heteroatoms. The number of nitrogens with zero attached hydrogens (tertiary/aromatic N) is 1. The van der Waals surface area contributed by atoms with Crippen molar-refractivity contribution in [3.05, 3.63) is 62.7 Å². The van der Waals surface area contributed by atoms with E-state index in [4.69, 9.17) is 14.2 Å². The van der Waals surface area contributed by atoms with Crippen LogP contribution < -0.4 is 19.5 Å². The van der Waals surface area contributed by atoms with Crippen LogP contribution in [0.5, 0.6) is 17.2 Å². The van der Waals surface area contributed by atoms with Crippen molar-refractivity contribution < 1.29 is 39.1 Å². The number of benzene rings is 2. The van der Waals surface area contributed by atoms with Gasteiger partial charge >= 0.3 is 0 Å². The molecule has 2 aliphatic rings. The zero-order valence-corrected chi connectivity index (χ0v) is 27.5. The molecule has 0 aliphatic heterocycles. The van der Waals surface area contributed by atoms with Crippen LogP contribution in [0.2, 0.25) is 0 Å². The minimum absolute atomic E-state index is 0.0564. The SMILES string of the molecule is COc1cccc(CCN(C(=O)CC2CCCC2)C2CC(C(=O)NCCO)=CC(Oc3c(I)cc(CO)cc3OC)C2O)c1. The number of amides is 2. The van der Waals surface area contributed by atoms with Crippen LogP contribution in [0.4, 0.5) is 0 Å². The molecule has 2 aliphatic carbocycles. The summed E-state index contributed by atoms with van der Waals surface area (Å²) in [6.45, 7) is 0.0134. The van der Waals surface area contributed by atoms with Gasteiger partial charge in [0.1, 0.15) is 18.0 Å². The van der Waals surface area contributed by atoms with E-state index >= 15 is 0 Å². The average Bonchev–Trinajstić information content (AvgIpc) is 3.55. The Morgan fingerprint density at radius 3 is 2.52 bits per heavy atom. The van der Waals surface area contributed by atoms with Crippen LogP contribution in [0, 0.1) is 9.49 Å². The lowest BCUT2D eigenvalue weighted by molar-refractivity contribution is -0.139. The number of carbonyl (C=O) groups excluding carboxylic acids is 2. The van der Waals surface area contributed by atoms with Gasteiger partial charge in [0.15, 0.2) is 11.5 Å². The summed E-state index contributed by atoms with van der Waals surface area (Å²) in [5.74, 6) is 1.31. The maximum absolute atomic E-state index is 14.0. The maximum atomic E-state index is 14.0. The van der Waals surface area contributed by atoms with E-state index in [1.807, 2.05) is 24.3 Å². The van der Waals surface area contributed by atoms with E-state index in [1.54, 1.807) is 30.2 Å². The highest BCUT2D eigenvalue weighted by Crippen LogP contribution is 2.37. The van der Waals surface area contributed by atoms with E-state index < -0.39 is 24.2 Å². The molecule has 2 aromatic rings. The molecule has 3 atom stereocenters. The Morgan fingerprint density at radius 2 is 1.84 bits per heavy atom. The molecule has 3 unspecified atom stereocenters. The largest absolute Gasteiger partial charge is 0.497 e. The fourth-order valence-corrected chi connectivity index (χ4v) is 6.82. The fourth-order valence-electron chi connectivity index (χ4n) is 6.03. The molecule has 0 saturated heterocycles. The van der Waals surface area contributed by atoms with Gasteiger partial charge in [-0.2, -0.15) is 0 Å². The number of nitrogens with one attached hydrogen (secondary N) is 1. The number of halogens is 1. The smallest absolute Gasteiger partial charge is 0.247 e. The molecule has 44 heavy (non-hydrogen) atoms. The molecule has 0 bridgehead atoms. The predicted molar refractivity (Wildman–Crippen MR) is 174 cm³/mol. The van der Waals surface area contributed by atoms with Gasteiger partial charge in [0, 0.05) is 31.5 Å². The van der Waals surface area contributed by atoms with Gasteiger partial charge in [0.2, 0.25) is 11.8 Å². The molecule has 1 fully saturated rings. The normalized spacial score (nSPS) is 20.1. The summed E-state index contributed by atoms with van der Waals surface area (Å²) >= 11 is 2.08. The standard InChI is InChI=1S/C33H43IN2O8/c1-42-25-9-5-8-22(14-25)10-12-36(30(39)17-21-6-3-4-7-21)27-18-24(33(41)35-11-13-37)19-28(31(27)40)44-32-26(34)15-23(20-38)16-29(32)43-2/h5,8-9,14-16,19,21,27-28,31,37-38,40H,3-4,6-7,10-13,17-18,20H2,1-2H3,(H,35,41). The second kappa shape index (κ2) is 16.4. The first-order chi connectivity index (χ1) is 21.3. The molecular formula is C33H43IN2O8. The van der Waals surface area contributed by atoms with Crippen LogP contribution in [0.25, 0.3) is 0 Å². The van der Waals surface area contributed by atoms with Crippen molar-refractivity contribution in [1.82, 2.24) is 10.2 Å². The highest BCUT2D eigenvalue weighted by atomic mass is 127. The molecular weight excluding hydrogens is 679 g/mol. The number of carbonyl (C=O) groups is 2. The van der Waals surface area contributed by atoms with Crippen molar-refractivity contribution in [2.45, 2.75) is 69.8 Å². The van der Waals surface area contributed by atoms with Crippen LogP contribution in [0.15, 0.2) is 48.0 Å². The number of hydrogen-bond acceptors (Lipinski definition) is 8. The summed E-state index contributed by atoms with van der Waals surface area (Å²) in [5, 5.41) is 33.5. The summed E-state index contributed by atoms with van der Waals surface area (Å²) in [6.07, 6.45) is 4.73. The van der Waals surface area contributed by atoms with Gasteiger partial charge < -0.3 is 39.7 Å². The van der Waals surface area contributed by atoms with E-state index in [0.29, 0.717) is 51.5 Å². The van der Waals surface area contributed by atoms with Crippen molar-refractivity contribution >= 4 is 34.4 Å². The van der Waals surface area contributed by atoms with Crippen LogP contribution in [0.3, 0.4) is 0 Å². The lowest BCUT2D eigenvalue weighted by Crippen LogP contribution is -2.55. The van der Waals surface area contributed by atoms with Crippen molar-refractivity contribution in [2.24, 2.45) is 5.92 Å². The molecule has 0 aromatic heterocycles. The van der Waals surface area contributed by atoms with Gasteiger partial charge in [0.05, 0.1) is 37.0 Å². The van der Waals surface area contributed by atoms with Crippen LogP contribution in [-0.4, -0.2) is 84.2 Å². The Morgan fingerprint density at radius 1 is 1.07 bits per heavy atom. The molecule has 2 aromatic carbocycles. The zero-order chi connectivity index (χ0) is 31.6. The number of rotatable bonds is 14. The topological polar surface area (TPSA) is 138 Å². The first kappa shape index (κ1) is 34.0. The Bertz CT molecular complexity index is 1310. The minimum Gasteiger partial charge on any atom is -0.497 e. The van der Waals surface area contributed by atoms with E-state index in [9.17, 15) is 24.9 Å². The molecule has 4 rings (SSSR count). The highest BCUT2D eigenvalue weighted by Gasteiger charge is 2.41. The predicted octanol–water partition coefficient (Wildman–Crippen LogP) is 3.37. The molecule has 0 spiro atoms. The van der Waals surface area contributed by atoms with Crippen molar-refractivity contribution in [2.75, 3.05) is 33.9 Å². The summed E-state index contributed by atoms with van der Waals surface area (Å²) in [6, 6.07) is 10.4.